The molecule has 1 saturated heterocycles. The van der Waals surface area contributed by atoms with Crippen molar-refractivity contribution in [3.63, 3.8) is 0 Å². The zero-order chi connectivity index (χ0) is 16.3. The number of carbonyl (C=O) groups excluding carboxylic acids is 1. The van der Waals surface area contributed by atoms with Gasteiger partial charge in [-0.05, 0) is 18.2 Å². The summed E-state index contributed by atoms with van der Waals surface area (Å²) < 4.78 is 43.9. The molecule has 0 saturated carbocycles. The van der Waals surface area contributed by atoms with Crippen molar-refractivity contribution in [1.29, 1.82) is 0 Å². The van der Waals surface area contributed by atoms with E-state index in [0.29, 0.717) is 26.3 Å². The lowest BCUT2D eigenvalue weighted by molar-refractivity contribution is -0.135. The van der Waals surface area contributed by atoms with E-state index in [1.807, 2.05) is 0 Å². The Morgan fingerprint density at radius 3 is 2.64 bits per heavy atom. The highest BCUT2D eigenvalue weighted by molar-refractivity contribution is 7.89. The van der Waals surface area contributed by atoms with Gasteiger partial charge in [0.1, 0.15) is 5.82 Å². The van der Waals surface area contributed by atoms with Crippen LogP contribution >= 0.6 is 11.6 Å². The molecule has 0 aromatic heterocycles. The van der Waals surface area contributed by atoms with E-state index in [1.54, 1.807) is 4.90 Å². The molecule has 0 N–H and O–H groups in total. The first-order valence-electron chi connectivity index (χ1n) is 6.59. The van der Waals surface area contributed by atoms with Crippen LogP contribution in [0.2, 0.25) is 5.02 Å². The zero-order valence-electron chi connectivity index (χ0n) is 12.0. The van der Waals surface area contributed by atoms with Crippen LogP contribution in [0.3, 0.4) is 0 Å². The molecule has 0 unspecified atom stereocenters. The number of sulfonamides is 1. The third-order valence-corrected chi connectivity index (χ3v) is 5.41. The number of morpholine rings is 1. The molecule has 0 radical (unpaired) electrons. The number of nitrogens with zero attached hydrogens (tertiary/aromatic N) is 2. The molecule has 0 spiro atoms. The van der Waals surface area contributed by atoms with Gasteiger partial charge >= 0.3 is 0 Å². The van der Waals surface area contributed by atoms with Crippen molar-refractivity contribution in [1.82, 2.24) is 9.21 Å². The van der Waals surface area contributed by atoms with Crippen LogP contribution in [-0.4, -0.2) is 63.4 Å². The molecule has 6 nitrogen and oxygen atoms in total. The topological polar surface area (TPSA) is 66.9 Å². The van der Waals surface area contributed by atoms with Crippen molar-refractivity contribution in [3.05, 3.63) is 29.0 Å². The number of benzene rings is 1. The lowest BCUT2D eigenvalue weighted by atomic mass is 10.3. The molecule has 1 aromatic carbocycles. The number of amides is 1. The van der Waals surface area contributed by atoms with Crippen molar-refractivity contribution in [2.45, 2.75) is 4.90 Å². The fourth-order valence-electron chi connectivity index (χ4n) is 2.01. The van der Waals surface area contributed by atoms with Gasteiger partial charge in [0.25, 0.3) is 0 Å². The lowest BCUT2D eigenvalue weighted by Gasteiger charge is -2.28. The number of likely N-dealkylation sites (N-methyl/N-ethyl adjacent to an activating group) is 1. The Balaban J connectivity index is 2.11. The van der Waals surface area contributed by atoms with Crippen LogP contribution in [-0.2, 0) is 19.6 Å². The highest BCUT2D eigenvalue weighted by Gasteiger charge is 2.26. The first kappa shape index (κ1) is 17.1. The number of hydrogen-bond acceptors (Lipinski definition) is 4. The van der Waals surface area contributed by atoms with Crippen LogP contribution in [0.5, 0.6) is 0 Å². The number of hydrogen-bond donors (Lipinski definition) is 0. The minimum Gasteiger partial charge on any atom is -0.378 e. The number of rotatable bonds is 4. The van der Waals surface area contributed by atoms with Crippen LogP contribution in [0.15, 0.2) is 23.1 Å². The number of halogens is 2. The SMILES string of the molecule is CN(CC(=O)N1CCOCC1)S(=O)(=O)c1ccc(F)c(Cl)c1. The molecular formula is C13H16ClFN2O4S. The van der Waals surface area contributed by atoms with Crippen LogP contribution < -0.4 is 0 Å². The van der Waals surface area contributed by atoms with Crippen molar-refractivity contribution >= 4 is 27.5 Å². The largest absolute Gasteiger partial charge is 0.378 e. The molecule has 122 valence electrons. The van der Waals surface area contributed by atoms with Gasteiger partial charge in [-0.1, -0.05) is 11.6 Å². The van der Waals surface area contributed by atoms with Crippen LogP contribution in [0, 0.1) is 5.82 Å². The van der Waals surface area contributed by atoms with E-state index in [9.17, 15) is 17.6 Å². The summed E-state index contributed by atoms with van der Waals surface area (Å²) in [6.45, 7) is 1.47. The summed E-state index contributed by atoms with van der Waals surface area (Å²) in [6, 6.07) is 3.13. The molecule has 1 aliphatic rings. The Hall–Kier alpha value is -1.22. The minimum atomic E-state index is -3.91. The van der Waals surface area contributed by atoms with E-state index < -0.39 is 15.8 Å². The molecule has 1 fully saturated rings. The molecule has 1 aromatic rings. The van der Waals surface area contributed by atoms with Gasteiger partial charge in [0.05, 0.1) is 29.7 Å². The zero-order valence-corrected chi connectivity index (χ0v) is 13.5. The Labute approximate surface area is 133 Å². The third kappa shape index (κ3) is 3.75. The fourth-order valence-corrected chi connectivity index (χ4v) is 3.40. The van der Waals surface area contributed by atoms with Crippen LogP contribution in [0.25, 0.3) is 0 Å². The summed E-state index contributed by atoms with van der Waals surface area (Å²) in [5.41, 5.74) is 0. The van der Waals surface area contributed by atoms with E-state index in [-0.39, 0.29) is 22.4 Å². The van der Waals surface area contributed by atoms with Crippen molar-refractivity contribution in [3.8, 4) is 0 Å². The highest BCUT2D eigenvalue weighted by Crippen LogP contribution is 2.21. The summed E-state index contributed by atoms with van der Waals surface area (Å²) in [5.74, 6) is -1.00. The molecule has 1 heterocycles. The van der Waals surface area contributed by atoms with E-state index in [4.69, 9.17) is 16.3 Å². The molecule has 9 heteroatoms. The van der Waals surface area contributed by atoms with Gasteiger partial charge < -0.3 is 9.64 Å². The molecule has 2 rings (SSSR count). The second-order valence-electron chi connectivity index (χ2n) is 4.83. The second kappa shape index (κ2) is 6.91. The summed E-state index contributed by atoms with van der Waals surface area (Å²) in [5, 5.41) is -0.283. The Kier molecular flexibility index (Phi) is 5.38. The van der Waals surface area contributed by atoms with E-state index in [2.05, 4.69) is 0 Å². The number of carbonyl (C=O) groups is 1. The van der Waals surface area contributed by atoms with Crippen molar-refractivity contribution in [2.24, 2.45) is 0 Å². The maximum atomic E-state index is 13.1. The van der Waals surface area contributed by atoms with Gasteiger partial charge in [-0.15, -0.1) is 0 Å². The Morgan fingerprint density at radius 1 is 1.41 bits per heavy atom. The summed E-state index contributed by atoms with van der Waals surface area (Å²) in [6.07, 6.45) is 0. The van der Waals surface area contributed by atoms with Crippen LogP contribution in [0.4, 0.5) is 4.39 Å². The first-order valence-corrected chi connectivity index (χ1v) is 8.41. The molecule has 22 heavy (non-hydrogen) atoms. The molecule has 1 amide bonds. The van der Waals surface area contributed by atoms with Gasteiger partial charge in [0.2, 0.25) is 15.9 Å². The number of ether oxygens (including phenoxy) is 1. The average molecular weight is 351 g/mol. The maximum absolute atomic E-state index is 13.1. The lowest BCUT2D eigenvalue weighted by Crippen LogP contribution is -2.46. The molecule has 0 atom stereocenters. The van der Waals surface area contributed by atoms with E-state index in [1.165, 1.54) is 7.05 Å². The molecule has 0 aliphatic carbocycles. The minimum absolute atomic E-state index is 0.156. The Morgan fingerprint density at radius 2 is 2.05 bits per heavy atom. The maximum Gasteiger partial charge on any atom is 0.243 e. The van der Waals surface area contributed by atoms with Gasteiger partial charge in [0.15, 0.2) is 0 Å². The van der Waals surface area contributed by atoms with Crippen LogP contribution in [0.1, 0.15) is 0 Å². The predicted molar refractivity (Wildman–Crippen MR) is 78.6 cm³/mol. The van der Waals surface area contributed by atoms with Gasteiger partial charge in [-0.25, -0.2) is 12.8 Å². The fraction of sp³-hybridized carbons (Fsp3) is 0.462. The van der Waals surface area contributed by atoms with Crippen molar-refractivity contribution in [2.75, 3.05) is 39.9 Å². The summed E-state index contributed by atoms with van der Waals surface area (Å²) >= 11 is 5.61. The van der Waals surface area contributed by atoms with Crippen molar-refractivity contribution < 1.29 is 22.3 Å². The monoisotopic (exact) mass is 350 g/mol. The van der Waals surface area contributed by atoms with E-state index in [0.717, 1.165) is 22.5 Å². The first-order chi connectivity index (χ1) is 10.3. The molecular weight excluding hydrogens is 335 g/mol. The average Bonchev–Trinajstić information content (AvgIpc) is 2.50. The summed E-state index contributed by atoms with van der Waals surface area (Å²) in [4.78, 5) is 13.5. The summed E-state index contributed by atoms with van der Waals surface area (Å²) in [7, 11) is -2.61. The van der Waals surface area contributed by atoms with Gasteiger partial charge in [0, 0.05) is 20.1 Å². The molecule has 0 bridgehead atoms. The predicted octanol–water partition coefficient (Wildman–Crippen LogP) is 0.958. The highest BCUT2D eigenvalue weighted by atomic mass is 35.5. The van der Waals surface area contributed by atoms with Gasteiger partial charge in [-0.3, -0.25) is 4.79 Å². The smallest absolute Gasteiger partial charge is 0.243 e. The quantitative estimate of drug-likeness (QED) is 0.811. The standard InChI is InChI=1S/C13H16ClFN2O4S/c1-16(9-13(18)17-4-6-21-7-5-17)22(19,20)10-2-3-12(15)11(14)8-10/h2-3,8H,4-7,9H2,1H3. The third-order valence-electron chi connectivity index (χ3n) is 3.32. The van der Waals surface area contributed by atoms with E-state index >= 15 is 0 Å². The Bertz CT molecular complexity index is 662. The van der Waals surface area contributed by atoms with Gasteiger partial charge in [-0.2, -0.15) is 4.31 Å². The second-order valence-corrected chi connectivity index (χ2v) is 7.28. The normalized spacial score (nSPS) is 16.1. The molecule has 1 aliphatic heterocycles.